The van der Waals surface area contributed by atoms with E-state index in [1.807, 2.05) is 48.5 Å². The van der Waals surface area contributed by atoms with Crippen LogP contribution in [0.15, 0.2) is 53.5 Å². The summed E-state index contributed by atoms with van der Waals surface area (Å²) in [5.41, 5.74) is 8.33. The minimum Gasteiger partial charge on any atom is -0.457 e. The molecule has 2 aliphatic rings. The lowest BCUT2D eigenvalue weighted by molar-refractivity contribution is -0.122. The lowest BCUT2D eigenvalue weighted by atomic mass is 9.81. The van der Waals surface area contributed by atoms with Crippen LogP contribution in [-0.2, 0) is 11.3 Å². The number of carbonyl (C=O) groups excluding carboxylic acids is 1. The highest BCUT2D eigenvalue weighted by Gasteiger charge is 2.33. The van der Waals surface area contributed by atoms with Crippen molar-refractivity contribution in [2.24, 2.45) is 16.6 Å². The quantitative estimate of drug-likeness (QED) is 0.748. The van der Waals surface area contributed by atoms with Gasteiger partial charge in [0.25, 0.3) is 0 Å². The van der Waals surface area contributed by atoms with Crippen molar-refractivity contribution in [2.75, 3.05) is 7.05 Å². The van der Waals surface area contributed by atoms with Crippen LogP contribution in [0, 0.1) is 5.92 Å². The number of carbonyl (C=O) groups is 1. The SMILES string of the molecule is CNC(=O)CC(C1CCCCC1)N1Cc2cc(Oc3ccccc3)ccc2N=C1N. The summed E-state index contributed by atoms with van der Waals surface area (Å²) in [6.07, 6.45) is 6.41. The predicted molar refractivity (Wildman–Crippen MR) is 119 cm³/mol. The largest absolute Gasteiger partial charge is 0.457 e. The van der Waals surface area contributed by atoms with Crippen LogP contribution in [0.3, 0.4) is 0 Å². The second kappa shape index (κ2) is 9.20. The summed E-state index contributed by atoms with van der Waals surface area (Å²) in [6, 6.07) is 15.7. The summed E-state index contributed by atoms with van der Waals surface area (Å²) in [5, 5.41) is 2.78. The zero-order chi connectivity index (χ0) is 20.9. The van der Waals surface area contributed by atoms with Crippen molar-refractivity contribution in [1.82, 2.24) is 10.2 Å². The van der Waals surface area contributed by atoms with Gasteiger partial charge in [-0.15, -0.1) is 0 Å². The molecule has 0 aromatic heterocycles. The van der Waals surface area contributed by atoms with Gasteiger partial charge in [0.05, 0.1) is 5.69 Å². The lowest BCUT2D eigenvalue weighted by Gasteiger charge is -2.41. The molecule has 1 unspecified atom stereocenters. The molecular formula is C24H30N4O2. The lowest BCUT2D eigenvalue weighted by Crippen LogP contribution is -2.50. The number of amides is 1. The Kier molecular flexibility index (Phi) is 6.21. The summed E-state index contributed by atoms with van der Waals surface area (Å²) in [6.45, 7) is 0.634. The van der Waals surface area contributed by atoms with E-state index in [0.717, 1.165) is 35.6 Å². The van der Waals surface area contributed by atoms with Crippen molar-refractivity contribution >= 4 is 17.6 Å². The van der Waals surface area contributed by atoms with Crippen LogP contribution in [0.2, 0.25) is 0 Å². The van der Waals surface area contributed by atoms with Gasteiger partial charge in [0.15, 0.2) is 5.96 Å². The molecule has 30 heavy (non-hydrogen) atoms. The maximum atomic E-state index is 12.3. The number of fused-ring (bicyclic) bond motifs is 1. The Morgan fingerprint density at radius 3 is 2.67 bits per heavy atom. The topological polar surface area (TPSA) is 80.0 Å². The van der Waals surface area contributed by atoms with E-state index in [-0.39, 0.29) is 11.9 Å². The minimum atomic E-state index is 0.0466. The van der Waals surface area contributed by atoms with Crippen molar-refractivity contribution in [3.8, 4) is 11.5 Å². The van der Waals surface area contributed by atoms with Gasteiger partial charge in [0.1, 0.15) is 11.5 Å². The van der Waals surface area contributed by atoms with Gasteiger partial charge >= 0.3 is 0 Å². The fraction of sp³-hybridized carbons (Fsp3) is 0.417. The van der Waals surface area contributed by atoms with E-state index in [9.17, 15) is 4.79 Å². The molecule has 0 bridgehead atoms. The molecule has 6 nitrogen and oxygen atoms in total. The van der Waals surface area contributed by atoms with Gasteiger partial charge in [0, 0.05) is 31.6 Å². The Labute approximate surface area is 178 Å². The Morgan fingerprint density at radius 2 is 1.93 bits per heavy atom. The smallest absolute Gasteiger partial charge is 0.221 e. The number of hydrogen-bond acceptors (Lipinski definition) is 5. The molecular weight excluding hydrogens is 376 g/mol. The second-order valence-corrected chi connectivity index (χ2v) is 8.15. The average Bonchev–Trinajstić information content (AvgIpc) is 2.78. The van der Waals surface area contributed by atoms with Crippen LogP contribution in [-0.4, -0.2) is 29.9 Å². The number of nitrogens with zero attached hydrogens (tertiary/aromatic N) is 2. The third-order valence-electron chi connectivity index (χ3n) is 6.17. The Hall–Kier alpha value is -3.02. The first-order valence-electron chi connectivity index (χ1n) is 10.8. The molecule has 6 heteroatoms. The van der Waals surface area contributed by atoms with Crippen LogP contribution in [0.5, 0.6) is 11.5 Å². The molecule has 2 aromatic rings. The molecule has 1 amide bonds. The Bertz CT molecular complexity index is 907. The van der Waals surface area contributed by atoms with Gasteiger partial charge in [-0.05, 0) is 49.1 Å². The predicted octanol–water partition coefficient (Wildman–Crippen LogP) is 4.33. The van der Waals surface area contributed by atoms with Crippen molar-refractivity contribution in [2.45, 2.75) is 51.1 Å². The summed E-state index contributed by atoms with van der Waals surface area (Å²) in [5.74, 6) is 2.57. The number of hydrogen-bond donors (Lipinski definition) is 2. The first kappa shape index (κ1) is 20.3. The molecule has 158 valence electrons. The van der Waals surface area contributed by atoms with Crippen LogP contribution in [0.25, 0.3) is 0 Å². The number of aliphatic imine (C=N–C) groups is 1. The van der Waals surface area contributed by atoms with E-state index < -0.39 is 0 Å². The van der Waals surface area contributed by atoms with E-state index in [0.29, 0.717) is 24.8 Å². The van der Waals surface area contributed by atoms with Gasteiger partial charge in [-0.2, -0.15) is 0 Å². The maximum Gasteiger partial charge on any atom is 0.221 e. The third kappa shape index (κ3) is 4.58. The number of ether oxygens (including phenoxy) is 1. The summed E-state index contributed by atoms with van der Waals surface area (Å²) in [7, 11) is 1.69. The number of nitrogens with one attached hydrogen (secondary N) is 1. The number of para-hydroxylation sites is 1. The van der Waals surface area contributed by atoms with Crippen LogP contribution < -0.4 is 15.8 Å². The normalized spacial score (nSPS) is 17.6. The summed E-state index contributed by atoms with van der Waals surface area (Å²) in [4.78, 5) is 19.1. The molecule has 1 saturated carbocycles. The van der Waals surface area contributed by atoms with E-state index >= 15 is 0 Å². The molecule has 1 aliphatic carbocycles. The Balaban J connectivity index is 1.58. The van der Waals surface area contributed by atoms with Gasteiger partial charge in [-0.3, -0.25) is 4.79 Å². The van der Waals surface area contributed by atoms with Gasteiger partial charge in [0.2, 0.25) is 5.91 Å². The maximum absolute atomic E-state index is 12.3. The van der Waals surface area contributed by atoms with E-state index in [1.54, 1.807) is 7.05 Å². The summed E-state index contributed by atoms with van der Waals surface area (Å²) < 4.78 is 6.00. The number of benzene rings is 2. The van der Waals surface area contributed by atoms with Crippen LogP contribution in [0.4, 0.5) is 5.69 Å². The van der Waals surface area contributed by atoms with Crippen LogP contribution in [0.1, 0.15) is 44.1 Å². The number of guanidine groups is 1. The van der Waals surface area contributed by atoms with Gasteiger partial charge < -0.3 is 20.7 Å². The van der Waals surface area contributed by atoms with E-state index in [4.69, 9.17) is 10.5 Å². The first-order valence-corrected chi connectivity index (χ1v) is 10.8. The molecule has 4 rings (SSSR count). The molecule has 0 spiro atoms. The molecule has 1 heterocycles. The monoisotopic (exact) mass is 406 g/mol. The molecule has 2 aromatic carbocycles. The standard InChI is InChI=1S/C24H30N4O2/c1-26-23(29)15-22(17-8-4-2-5-9-17)28-16-18-14-20(12-13-21(18)27-24(28)25)30-19-10-6-3-7-11-19/h3,6-7,10-14,17,22H,2,4-5,8-9,15-16H2,1H3,(H2,25,27)(H,26,29). The zero-order valence-electron chi connectivity index (χ0n) is 17.5. The highest BCUT2D eigenvalue weighted by atomic mass is 16.5. The molecule has 0 radical (unpaired) electrons. The molecule has 1 aliphatic heterocycles. The second-order valence-electron chi connectivity index (χ2n) is 8.15. The van der Waals surface area contributed by atoms with E-state index in [2.05, 4.69) is 15.2 Å². The molecule has 1 fully saturated rings. The van der Waals surface area contributed by atoms with Crippen molar-refractivity contribution in [1.29, 1.82) is 0 Å². The summed E-state index contributed by atoms with van der Waals surface area (Å²) >= 11 is 0. The van der Waals surface area contributed by atoms with Crippen LogP contribution >= 0.6 is 0 Å². The van der Waals surface area contributed by atoms with Gasteiger partial charge in [-0.1, -0.05) is 37.5 Å². The third-order valence-corrected chi connectivity index (χ3v) is 6.17. The van der Waals surface area contributed by atoms with Gasteiger partial charge in [-0.25, -0.2) is 4.99 Å². The molecule has 3 N–H and O–H groups in total. The number of rotatable bonds is 6. The van der Waals surface area contributed by atoms with Crippen molar-refractivity contribution in [3.05, 3.63) is 54.1 Å². The van der Waals surface area contributed by atoms with Crippen molar-refractivity contribution in [3.63, 3.8) is 0 Å². The molecule has 1 atom stereocenters. The fourth-order valence-electron chi connectivity index (χ4n) is 4.57. The molecule has 0 saturated heterocycles. The highest BCUT2D eigenvalue weighted by Crippen LogP contribution is 2.36. The number of nitrogens with two attached hydrogens (primary N) is 1. The average molecular weight is 407 g/mol. The van der Waals surface area contributed by atoms with Crippen molar-refractivity contribution < 1.29 is 9.53 Å². The van der Waals surface area contributed by atoms with E-state index in [1.165, 1.54) is 19.3 Å². The first-order chi connectivity index (χ1) is 14.6. The Morgan fingerprint density at radius 1 is 1.17 bits per heavy atom. The minimum absolute atomic E-state index is 0.0466. The fourth-order valence-corrected chi connectivity index (χ4v) is 4.57. The zero-order valence-corrected chi connectivity index (χ0v) is 17.5. The highest BCUT2D eigenvalue weighted by molar-refractivity contribution is 5.85.